The molecular formula is C6H13NO3. The third-order valence-corrected chi connectivity index (χ3v) is 1.80. The number of aliphatic hydroxyl groups is 2. The summed E-state index contributed by atoms with van der Waals surface area (Å²) in [7, 11) is 0. The van der Waals surface area contributed by atoms with E-state index in [2.05, 4.69) is 0 Å². The van der Waals surface area contributed by atoms with Gasteiger partial charge in [-0.3, -0.25) is 0 Å². The molecule has 1 aliphatic heterocycles. The molecule has 0 radical (unpaired) electrons. The van der Waals surface area contributed by atoms with Gasteiger partial charge in [-0.1, -0.05) is 0 Å². The lowest BCUT2D eigenvalue weighted by Gasteiger charge is -2.30. The number of aliphatic hydroxyl groups excluding tert-OH is 2. The Bertz CT molecular complexity index is 109. The number of ether oxygens (including phenoxy) is 1. The van der Waals surface area contributed by atoms with Crippen LogP contribution < -0.4 is 5.73 Å². The Morgan fingerprint density at radius 2 is 2.10 bits per heavy atom. The van der Waals surface area contributed by atoms with Crippen molar-refractivity contribution in [1.82, 2.24) is 0 Å². The lowest BCUT2D eigenvalue weighted by atomic mass is 9.97. The van der Waals surface area contributed by atoms with Crippen molar-refractivity contribution in [1.29, 1.82) is 0 Å². The van der Waals surface area contributed by atoms with Crippen LogP contribution in [-0.2, 0) is 4.74 Å². The predicted molar refractivity (Wildman–Crippen MR) is 35.4 cm³/mol. The molecule has 0 bridgehead atoms. The van der Waals surface area contributed by atoms with E-state index >= 15 is 0 Å². The monoisotopic (exact) mass is 147 g/mol. The van der Waals surface area contributed by atoms with Gasteiger partial charge >= 0.3 is 0 Å². The largest absolute Gasteiger partial charge is 0.390 e. The smallest absolute Gasteiger partial charge is 0.104 e. The molecule has 60 valence electrons. The molecule has 1 rings (SSSR count). The van der Waals surface area contributed by atoms with Crippen LogP contribution in [-0.4, -0.2) is 42.2 Å². The molecule has 3 atom stereocenters. The van der Waals surface area contributed by atoms with Gasteiger partial charge in [-0.15, -0.1) is 0 Å². The Hall–Kier alpha value is -0.160. The predicted octanol–water partition coefficient (Wildman–Crippen LogP) is -1.69. The highest BCUT2D eigenvalue weighted by atomic mass is 16.5. The van der Waals surface area contributed by atoms with Crippen molar-refractivity contribution in [3.05, 3.63) is 0 Å². The summed E-state index contributed by atoms with van der Waals surface area (Å²) in [6.45, 7) is 1.03. The van der Waals surface area contributed by atoms with Crippen LogP contribution in [0.15, 0.2) is 0 Å². The molecule has 0 amide bonds. The molecule has 0 aromatic carbocycles. The Labute approximate surface area is 59.6 Å². The van der Waals surface area contributed by atoms with E-state index in [1.807, 2.05) is 0 Å². The van der Waals surface area contributed by atoms with E-state index in [-0.39, 0.29) is 12.5 Å². The van der Waals surface area contributed by atoms with Crippen LogP contribution in [0, 0.1) is 5.92 Å². The molecule has 10 heavy (non-hydrogen) atoms. The standard InChI is InChI=1S/C6H13NO3/c7-1-4-2-10-3-5(8)6(4)9/h4-6,8-9H,1-3,7H2/t4-,5-,6+/m1/s1. The summed E-state index contributed by atoms with van der Waals surface area (Å²) >= 11 is 0. The summed E-state index contributed by atoms with van der Waals surface area (Å²) in [4.78, 5) is 0. The van der Waals surface area contributed by atoms with Crippen molar-refractivity contribution in [2.45, 2.75) is 12.2 Å². The fourth-order valence-corrected chi connectivity index (χ4v) is 1.06. The minimum Gasteiger partial charge on any atom is -0.390 e. The average molecular weight is 147 g/mol. The maximum Gasteiger partial charge on any atom is 0.104 e. The zero-order valence-electron chi connectivity index (χ0n) is 5.73. The van der Waals surface area contributed by atoms with E-state index in [4.69, 9.17) is 15.6 Å². The average Bonchev–Trinajstić information content (AvgIpc) is 1.95. The van der Waals surface area contributed by atoms with Crippen molar-refractivity contribution in [2.24, 2.45) is 11.7 Å². The van der Waals surface area contributed by atoms with Crippen LogP contribution in [0.1, 0.15) is 0 Å². The van der Waals surface area contributed by atoms with Gasteiger partial charge in [0.1, 0.15) is 6.10 Å². The Morgan fingerprint density at radius 3 is 2.60 bits per heavy atom. The summed E-state index contributed by atoms with van der Waals surface area (Å²) < 4.78 is 4.97. The van der Waals surface area contributed by atoms with Gasteiger partial charge in [0.25, 0.3) is 0 Å². The third kappa shape index (κ3) is 1.46. The Morgan fingerprint density at radius 1 is 1.40 bits per heavy atom. The highest BCUT2D eigenvalue weighted by molar-refractivity contribution is 4.79. The van der Waals surface area contributed by atoms with Gasteiger partial charge in [-0.05, 0) is 6.54 Å². The molecular weight excluding hydrogens is 134 g/mol. The first-order chi connectivity index (χ1) is 4.75. The summed E-state index contributed by atoms with van der Waals surface area (Å²) in [6.07, 6.45) is -1.47. The zero-order chi connectivity index (χ0) is 7.56. The van der Waals surface area contributed by atoms with Crippen LogP contribution in [0.2, 0.25) is 0 Å². The minimum absolute atomic E-state index is 0.108. The van der Waals surface area contributed by atoms with Gasteiger partial charge in [0, 0.05) is 5.92 Å². The van der Waals surface area contributed by atoms with Crippen molar-refractivity contribution in [2.75, 3.05) is 19.8 Å². The molecule has 4 heteroatoms. The van der Waals surface area contributed by atoms with E-state index in [0.29, 0.717) is 13.2 Å². The lowest BCUT2D eigenvalue weighted by Crippen LogP contribution is -2.46. The fraction of sp³-hybridized carbons (Fsp3) is 1.00. The summed E-state index contributed by atoms with van der Waals surface area (Å²) in [5.74, 6) is -0.108. The molecule has 1 aliphatic rings. The second-order valence-corrected chi connectivity index (χ2v) is 2.59. The maximum absolute atomic E-state index is 9.23. The third-order valence-electron chi connectivity index (χ3n) is 1.80. The number of rotatable bonds is 1. The molecule has 1 fully saturated rings. The van der Waals surface area contributed by atoms with E-state index < -0.39 is 12.2 Å². The van der Waals surface area contributed by atoms with E-state index in [1.165, 1.54) is 0 Å². The van der Waals surface area contributed by atoms with E-state index in [0.717, 1.165) is 0 Å². The first-order valence-corrected chi connectivity index (χ1v) is 3.39. The second kappa shape index (κ2) is 3.30. The number of hydrogen-bond donors (Lipinski definition) is 3. The molecule has 0 aromatic heterocycles. The summed E-state index contributed by atoms with van der Waals surface area (Å²) in [6, 6.07) is 0. The van der Waals surface area contributed by atoms with Crippen molar-refractivity contribution in [3.63, 3.8) is 0 Å². The van der Waals surface area contributed by atoms with Crippen LogP contribution in [0.25, 0.3) is 0 Å². The second-order valence-electron chi connectivity index (χ2n) is 2.59. The van der Waals surface area contributed by atoms with Gasteiger partial charge in [-0.25, -0.2) is 0 Å². The van der Waals surface area contributed by atoms with E-state index in [9.17, 15) is 5.11 Å². The molecule has 0 unspecified atom stereocenters. The topological polar surface area (TPSA) is 75.7 Å². The quantitative estimate of drug-likeness (QED) is 0.414. The zero-order valence-corrected chi connectivity index (χ0v) is 5.73. The van der Waals surface area contributed by atoms with Crippen molar-refractivity contribution >= 4 is 0 Å². The Balaban J connectivity index is 2.42. The number of hydrogen-bond acceptors (Lipinski definition) is 4. The first-order valence-electron chi connectivity index (χ1n) is 3.39. The van der Waals surface area contributed by atoms with Crippen LogP contribution in [0.3, 0.4) is 0 Å². The maximum atomic E-state index is 9.23. The first kappa shape index (κ1) is 7.94. The molecule has 0 saturated carbocycles. The van der Waals surface area contributed by atoms with Crippen molar-refractivity contribution < 1.29 is 14.9 Å². The van der Waals surface area contributed by atoms with Gasteiger partial charge in [0.15, 0.2) is 0 Å². The SMILES string of the molecule is NC[C@@H]1COC[C@@H](O)[C@H]1O. The minimum atomic E-state index is -0.762. The number of nitrogens with two attached hydrogens (primary N) is 1. The summed E-state index contributed by atoms with van der Waals surface area (Å²) in [5, 5.41) is 18.3. The molecule has 1 heterocycles. The molecule has 0 spiro atoms. The molecule has 1 saturated heterocycles. The highest BCUT2D eigenvalue weighted by Gasteiger charge is 2.29. The van der Waals surface area contributed by atoms with Gasteiger partial charge in [-0.2, -0.15) is 0 Å². The highest BCUT2D eigenvalue weighted by Crippen LogP contribution is 2.13. The lowest BCUT2D eigenvalue weighted by molar-refractivity contribution is -0.117. The molecule has 4 N–H and O–H groups in total. The normalized spacial score (nSPS) is 41.7. The van der Waals surface area contributed by atoms with Gasteiger partial charge < -0.3 is 20.7 Å². The molecule has 0 aliphatic carbocycles. The van der Waals surface area contributed by atoms with Gasteiger partial charge in [0.2, 0.25) is 0 Å². The fourth-order valence-electron chi connectivity index (χ4n) is 1.06. The molecule has 4 nitrogen and oxygen atoms in total. The molecule has 0 aromatic rings. The van der Waals surface area contributed by atoms with Crippen LogP contribution >= 0.6 is 0 Å². The van der Waals surface area contributed by atoms with E-state index in [1.54, 1.807) is 0 Å². The van der Waals surface area contributed by atoms with Crippen LogP contribution in [0.5, 0.6) is 0 Å². The van der Waals surface area contributed by atoms with Crippen LogP contribution in [0.4, 0.5) is 0 Å². The van der Waals surface area contributed by atoms with Crippen molar-refractivity contribution in [3.8, 4) is 0 Å². The summed E-state index contributed by atoms with van der Waals surface area (Å²) in [5.41, 5.74) is 5.30. The van der Waals surface area contributed by atoms with Gasteiger partial charge in [0.05, 0.1) is 19.3 Å². The Kier molecular flexibility index (Phi) is 2.62.